The van der Waals surface area contributed by atoms with Crippen LogP contribution in [-0.2, 0) is 24.3 Å². The third-order valence-electron chi connectivity index (χ3n) is 5.90. The molecule has 0 saturated carbocycles. The molecule has 0 aromatic heterocycles. The highest BCUT2D eigenvalue weighted by Crippen LogP contribution is 2.35. The fourth-order valence-electron chi connectivity index (χ4n) is 4.02. The van der Waals surface area contributed by atoms with Gasteiger partial charge < -0.3 is 9.47 Å². The maximum absolute atomic E-state index is 13.2. The molecule has 0 unspecified atom stereocenters. The number of sulfonamides is 1. The molecule has 0 atom stereocenters. The van der Waals surface area contributed by atoms with E-state index in [2.05, 4.69) is 0 Å². The monoisotopic (exact) mass is 460 g/mol. The Morgan fingerprint density at radius 3 is 2.37 bits per heavy atom. The highest BCUT2D eigenvalue weighted by atomic mass is 32.2. The van der Waals surface area contributed by atoms with Crippen LogP contribution in [0, 0.1) is 5.92 Å². The Hall–Kier alpha value is -0.950. The summed E-state index contributed by atoms with van der Waals surface area (Å²) in [4.78, 5) is 12.3. The summed E-state index contributed by atoms with van der Waals surface area (Å²) >= 11 is 0. The Balaban J connectivity index is 1.76. The van der Waals surface area contributed by atoms with Crippen LogP contribution < -0.4 is 5.48 Å². The van der Waals surface area contributed by atoms with E-state index in [0.717, 1.165) is 12.8 Å². The number of halogens is 3. The van der Waals surface area contributed by atoms with Crippen LogP contribution in [-0.4, -0.2) is 74.3 Å². The molecule has 2 aliphatic rings. The van der Waals surface area contributed by atoms with Crippen molar-refractivity contribution in [1.82, 2.24) is 9.79 Å². The van der Waals surface area contributed by atoms with Gasteiger partial charge in [-0.3, -0.25) is 10.0 Å². The first kappa shape index (κ1) is 25.3. The summed E-state index contributed by atoms with van der Waals surface area (Å²) in [6, 6.07) is 0. The Labute approximate surface area is 175 Å². The number of rotatable bonds is 10. The minimum atomic E-state index is -4.20. The largest absolute Gasteiger partial charge is 0.391 e. The SMILES string of the molecule is O=C(NO)C1(S(=O)(=O)N2CCC(CCCCOCCC(F)(F)F)CC2)CCOCC1. The van der Waals surface area contributed by atoms with Gasteiger partial charge in [-0.2, -0.15) is 13.2 Å². The average molecular weight is 461 g/mol. The highest BCUT2D eigenvalue weighted by molar-refractivity contribution is 7.91. The lowest BCUT2D eigenvalue weighted by atomic mass is 9.92. The van der Waals surface area contributed by atoms with Gasteiger partial charge in [-0.15, -0.1) is 0 Å². The zero-order valence-electron chi connectivity index (χ0n) is 17.0. The van der Waals surface area contributed by atoms with Crippen LogP contribution in [0.5, 0.6) is 0 Å². The van der Waals surface area contributed by atoms with E-state index in [-0.39, 0.29) is 39.3 Å². The summed E-state index contributed by atoms with van der Waals surface area (Å²) in [7, 11) is -3.96. The molecule has 176 valence electrons. The number of hydrogen-bond donors (Lipinski definition) is 2. The lowest BCUT2D eigenvalue weighted by Crippen LogP contribution is -2.60. The van der Waals surface area contributed by atoms with Crippen molar-refractivity contribution in [3.63, 3.8) is 0 Å². The third-order valence-corrected chi connectivity index (χ3v) is 8.53. The fourth-order valence-corrected chi connectivity index (χ4v) is 6.17. The molecule has 2 fully saturated rings. The van der Waals surface area contributed by atoms with Crippen LogP contribution in [0.3, 0.4) is 0 Å². The zero-order chi connectivity index (χ0) is 22.3. The molecule has 0 spiro atoms. The van der Waals surface area contributed by atoms with E-state index in [1.807, 2.05) is 0 Å². The van der Waals surface area contributed by atoms with Gasteiger partial charge in [0.05, 0.1) is 13.0 Å². The van der Waals surface area contributed by atoms with Crippen molar-refractivity contribution in [3.05, 3.63) is 0 Å². The smallest absolute Gasteiger partial charge is 0.381 e. The standard InChI is InChI=1S/C18H31F3N2O6S/c19-18(20,21)8-14-28-11-2-1-3-15-4-9-23(10-5-15)30(26,27)17(16(24)22-25)6-12-29-13-7-17/h15,25H,1-14H2,(H,22,24). The summed E-state index contributed by atoms with van der Waals surface area (Å²) in [5.74, 6) is -0.595. The van der Waals surface area contributed by atoms with Gasteiger partial charge in [0.25, 0.3) is 5.91 Å². The fraction of sp³-hybridized carbons (Fsp3) is 0.944. The number of ether oxygens (including phenoxy) is 2. The van der Waals surface area contributed by atoms with Crippen LogP contribution in [0.2, 0.25) is 0 Å². The number of carbonyl (C=O) groups is 1. The molecule has 2 saturated heterocycles. The van der Waals surface area contributed by atoms with Gasteiger partial charge in [0.2, 0.25) is 10.0 Å². The van der Waals surface area contributed by atoms with Gasteiger partial charge in [0, 0.05) is 45.8 Å². The first-order chi connectivity index (χ1) is 14.1. The summed E-state index contributed by atoms with van der Waals surface area (Å²) in [6.45, 7) is 0.827. The van der Waals surface area contributed by atoms with Crippen molar-refractivity contribution in [2.45, 2.75) is 62.3 Å². The molecule has 2 rings (SSSR count). The van der Waals surface area contributed by atoms with E-state index in [4.69, 9.17) is 14.7 Å². The molecule has 2 heterocycles. The molecule has 0 aliphatic carbocycles. The predicted octanol–water partition coefficient (Wildman–Crippen LogP) is 2.22. The normalized spacial score (nSPS) is 21.5. The molecule has 0 aromatic rings. The summed E-state index contributed by atoms with van der Waals surface area (Å²) < 4.78 is 72.3. The Morgan fingerprint density at radius 1 is 1.17 bits per heavy atom. The lowest BCUT2D eigenvalue weighted by Gasteiger charge is -2.40. The van der Waals surface area contributed by atoms with Crippen molar-refractivity contribution in [2.75, 3.05) is 39.5 Å². The van der Waals surface area contributed by atoms with Gasteiger partial charge >= 0.3 is 6.18 Å². The summed E-state index contributed by atoms with van der Waals surface area (Å²) in [6.07, 6.45) is -1.52. The number of nitrogens with zero attached hydrogens (tertiary/aromatic N) is 1. The van der Waals surface area contributed by atoms with Crippen LogP contribution in [0.1, 0.15) is 51.4 Å². The number of hydrogen-bond acceptors (Lipinski definition) is 6. The van der Waals surface area contributed by atoms with Crippen molar-refractivity contribution in [1.29, 1.82) is 0 Å². The molecule has 8 nitrogen and oxygen atoms in total. The van der Waals surface area contributed by atoms with Gasteiger partial charge in [-0.1, -0.05) is 12.8 Å². The average Bonchev–Trinajstić information content (AvgIpc) is 2.72. The second-order valence-electron chi connectivity index (χ2n) is 7.87. The van der Waals surface area contributed by atoms with Crippen LogP contribution in [0.4, 0.5) is 13.2 Å². The summed E-state index contributed by atoms with van der Waals surface area (Å²) in [5.41, 5.74) is 1.51. The number of nitrogens with one attached hydrogen (secondary N) is 1. The molecule has 2 aliphatic heterocycles. The Morgan fingerprint density at radius 2 is 1.80 bits per heavy atom. The number of unbranched alkanes of at least 4 members (excludes halogenated alkanes) is 1. The third kappa shape index (κ3) is 6.52. The van der Waals surface area contributed by atoms with E-state index in [1.165, 1.54) is 9.79 Å². The van der Waals surface area contributed by atoms with Gasteiger partial charge in [-0.05, 0) is 25.2 Å². The van der Waals surface area contributed by atoms with Gasteiger partial charge in [-0.25, -0.2) is 18.2 Å². The minimum absolute atomic E-state index is 0.00397. The first-order valence-electron chi connectivity index (χ1n) is 10.3. The van der Waals surface area contributed by atoms with Gasteiger partial charge in [0.1, 0.15) is 0 Å². The number of piperidine rings is 1. The molecule has 1 amide bonds. The Bertz CT molecular complexity index is 645. The number of carbonyl (C=O) groups excluding carboxylic acids is 1. The van der Waals surface area contributed by atoms with Crippen molar-refractivity contribution in [2.24, 2.45) is 5.92 Å². The highest BCUT2D eigenvalue weighted by Gasteiger charge is 2.54. The molecular formula is C18H31F3N2O6S. The van der Waals surface area contributed by atoms with Crippen molar-refractivity contribution in [3.8, 4) is 0 Å². The zero-order valence-corrected chi connectivity index (χ0v) is 17.8. The second-order valence-corrected chi connectivity index (χ2v) is 10.1. The topological polar surface area (TPSA) is 105 Å². The van der Waals surface area contributed by atoms with Crippen molar-refractivity contribution < 1.29 is 41.1 Å². The maximum atomic E-state index is 13.2. The quantitative estimate of drug-likeness (QED) is 0.294. The predicted molar refractivity (Wildman–Crippen MR) is 101 cm³/mol. The number of alkyl halides is 3. The molecule has 30 heavy (non-hydrogen) atoms. The minimum Gasteiger partial charge on any atom is -0.381 e. The molecule has 0 bridgehead atoms. The molecular weight excluding hydrogens is 429 g/mol. The molecule has 0 aromatic carbocycles. The van der Waals surface area contributed by atoms with Crippen LogP contribution in [0.25, 0.3) is 0 Å². The number of amides is 1. The first-order valence-corrected chi connectivity index (χ1v) is 11.7. The van der Waals surface area contributed by atoms with E-state index >= 15 is 0 Å². The Kier molecular flexibility index (Phi) is 9.34. The summed E-state index contributed by atoms with van der Waals surface area (Å²) in [5, 5.41) is 9.08. The van der Waals surface area contributed by atoms with Crippen molar-refractivity contribution >= 4 is 15.9 Å². The lowest BCUT2D eigenvalue weighted by molar-refractivity contribution is -0.145. The van der Waals surface area contributed by atoms with E-state index in [0.29, 0.717) is 38.3 Å². The van der Waals surface area contributed by atoms with E-state index in [1.54, 1.807) is 0 Å². The van der Waals surface area contributed by atoms with E-state index in [9.17, 15) is 26.4 Å². The molecule has 12 heteroatoms. The number of hydroxylamine groups is 1. The van der Waals surface area contributed by atoms with Gasteiger partial charge in [0.15, 0.2) is 4.75 Å². The van der Waals surface area contributed by atoms with Crippen LogP contribution >= 0.6 is 0 Å². The molecule has 0 radical (unpaired) electrons. The maximum Gasteiger partial charge on any atom is 0.391 e. The molecule has 2 N–H and O–H groups in total. The second kappa shape index (κ2) is 11.1. The van der Waals surface area contributed by atoms with E-state index < -0.39 is 33.3 Å². The van der Waals surface area contributed by atoms with Crippen LogP contribution in [0.15, 0.2) is 0 Å².